The third-order valence-electron chi connectivity index (χ3n) is 1.94. The molecule has 1 rings (SSSR count). The highest BCUT2D eigenvalue weighted by Gasteiger charge is 2.29. The predicted molar refractivity (Wildman–Crippen MR) is 71.5 cm³/mol. The van der Waals surface area contributed by atoms with Gasteiger partial charge < -0.3 is 4.74 Å². The van der Waals surface area contributed by atoms with E-state index in [4.69, 9.17) is 0 Å². The average molecular weight is 403 g/mol. The summed E-state index contributed by atoms with van der Waals surface area (Å²) in [5.41, 5.74) is 0. The third-order valence-corrected chi connectivity index (χ3v) is 4.47. The Labute approximate surface area is 121 Å². The monoisotopic (exact) mass is 401 g/mol. The van der Waals surface area contributed by atoms with Gasteiger partial charge in [-0.2, -0.15) is 0 Å². The van der Waals surface area contributed by atoms with E-state index in [9.17, 15) is 13.2 Å². The summed E-state index contributed by atoms with van der Waals surface area (Å²) in [5.74, 6) is -0.863. The van der Waals surface area contributed by atoms with E-state index >= 15 is 0 Å². The first-order chi connectivity index (χ1) is 8.27. The second-order valence-corrected chi connectivity index (χ2v) is 6.71. The fourth-order valence-electron chi connectivity index (χ4n) is 0.931. The second-order valence-electron chi connectivity index (χ2n) is 3.14. The van der Waals surface area contributed by atoms with Crippen LogP contribution in [0.25, 0.3) is 0 Å². The molecule has 100 valence electrons. The summed E-state index contributed by atoms with van der Waals surface area (Å²) in [5, 5.41) is -1.35. The summed E-state index contributed by atoms with van der Waals surface area (Å²) in [4.78, 5) is 18.9. The van der Waals surface area contributed by atoms with Crippen LogP contribution in [0.1, 0.15) is 6.92 Å². The molecule has 1 heterocycles. The number of nitrogens with one attached hydrogen (secondary N) is 1. The summed E-state index contributed by atoms with van der Waals surface area (Å²) < 4.78 is 30.8. The molecule has 0 aliphatic rings. The van der Waals surface area contributed by atoms with Crippen LogP contribution in [0.2, 0.25) is 0 Å². The normalized spacial score (nSPS) is 12.9. The van der Waals surface area contributed by atoms with Crippen LogP contribution < -0.4 is 4.72 Å². The molecule has 0 spiro atoms. The summed E-state index contributed by atoms with van der Waals surface area (Å²) in [6.45, 7) is 1.22. The molecule has 18 heavy (non-hydrogen) atoms. The Hall–Kier alpha value is -0.740. The number of ether oxygens (including phenoxy) is 1. The summed E-state index contributed by atoms with van der Waals surface area (Å²) in [7, 11) is -2.82. The summed E-state index contributed by atoms with van der Waals surface area (Å²) in [6, 6.07) is 0. The van der Waals surface area contributed by atoms with E-state index in [1.54, 1.807) is 0 Å². The van der Waals surface area contributed by atoms with E-state index in [-0.39, 0.29) is 10.4 Å². The Morgan fingerprint density at radius 2 is 2.11 bits per heavy atom. The van der Waals surface area contributed by atoms with Crippen molar-refractivity contribution in [3.05, 3.63) is 15.4 Å². The van der Waals surface area contributed by atoms with E-state index < -0.39 is 21.2 Å². The molecule has 0 saturated carbocycles. The van der Waals surface area contributed by atoms with Gasteiger partial charge in [-0.25, -0.2) is 18.4 Å². The minimum absolute atomic E-state index is 0.00560. The molecule has 0 fully saturated rings. The molecule has 1 aromatic heterocycles. The zero-order valence-corrected chi connectivity index (χ0v) is 13.3. The van der Waals surface area contributed by atoms with Gasteiger partial charge in [-0.1, -0.05) is 0 Å². The number of hydrogen-bond donors (Lipinski definition) is 1. The number of esters is 1. The summed E-state index contributed by atoms with van der Waals surface area (Å²) in [6.07, 6.45) is 1.32. The average Bonchev–Trinajstić information content (AvgIpc) is 2.30. The van der Waals surface area contributed by atoms with Gasteiger partial charge in [0.1, 0.15) is 4.60 Å². The van der Waals surface area contributed by atoms with Gasteiger partial charge in [0.2, 0.25) is 10.0 Å². The molecule has 1 N–H and O–H groups in total. The number of carbonyl (C=O) groups excluding carboxylic acids is 1. The van der Waals surface area contributed by atoms with Crippen molar-refractivity contribution in [2.75, 3.05) is 11.8 Å². The molecular weight excluding hydrogens is 394 g/mol. The minimum Gasteiger partial charge on any atom is -0.468 e. The van der Waals surface area contributed by atoms with Gasteiger partial charge in [0.25, 0.3) is 0 Å². The predicted octanol–water partition coefficient (Wildman–Crippen LogP) is 1.30. The molecule has 1 atom stereocenters. The Morgan fingerprint density at radius 3 is 2.61 bits per heavy atom. The lowest BCUT2D eigenvalue weighted by Crippen LogP contribution is -2.33. The SMILES string of the molecule is COC(=O)C(C)S(=O)(=O)Nc1ncc(Br)nc1Br. The first kappa shape index (κ1) is 15.3. The van der Waals surface area contributed by atoms with Crippen molar-refractivity contribution < 1.29 is 17.9 Å². The van der Waals surface area contributed by atoms with Crippen molar-refractivity contribution in [2.24, 2.45) is 0 Å². The second kappa shape index (κ2) is 5.93. The van der Waals surface area contributed by atoms with Crippen LogP contribution in [0.3, 0.4) is 0 Å². The number of methoxy groups -OCH3 is 1. The molecule has 0 bridgehead atoms. The number of nitrogens with zero attached hydrogens (tertiary/aromatic N) is 2. The third kappa shape index (κ3) is 3.62. The Balaban J connectivity index is 2.99. The van der Waals surface area contributed by atoms with E-state index in [0.29, 0.717) is 4.60 Å². The van der Waals surface area contributed by atoms with Crippen LogP contribution >= 0.6 is 31.9 Å². The van der Waals surface area contributed by atoms with E-state index in [0.717, 1.165) is 7.11 Å². The number of halogens is 2. The van der Waals surface area contributed by atoms with Crippen LogP contribution in [0.15, 0.2) is 15.4 Å². The van der Waals surface area contributed by atoms with Crippen molar-refractivity contribution in [3.63, 3.8) is 0 Å². The lowest BCUT2D eigenvalue weighted by atomic mass is 10.5. The summed E-state index contributed by atoms with van der Waals surface area (Å²) >= 11 is 6.14. The molecule has 0 aliphatic carbocycles. The van der Waals surface area contributed by atoms with Crippen molar-refractivity contribution in [1.82, 2.24) is 9.97 Å². The van der Waals surface area contributed by atoms with Crippen molar-refractivity contribution in [3.8, 4) is 0 Å². The lowest BCUT2D eigenvalue weighted by Gasteiger charge is -2.12. The smallest absolute Gasteiger partial charge is 0.325 e. The highest BCUT2D eigenvalue weighted by molar-refractivity contribution is 9.11. The van der Waals surface area contributed by atoms with Crippen LogP contribution in [0, 0.1) is 0 Å². The molecule has 0 amide bonds. The van der Waals surface area contributed by atoms with Gasteiger partial charge in [-0.05, 0) is 38.8 Å². The number of hydrogen-bond acceptors (Lipinski definition) is 6. The van der Waals surface area contributed by atoms with Crippen molar-refractivity contribution in [2.45, 2.75) is 12.2 Å². The van der Waals surface area contributed by atoms with E-state index in [2.05, 4.69) is 51.3 Å². The zero-order valence-electron chi connectivity index (χ0n) is 9.35. The maximum Gasteiger partial charge on any atom is 0.325 e. The maximum atomic E-state index is 11.8. The van der Waals surface area contributed by atoms with Gasteiger partial charge in [0, 0.05) is 0 Å². The molecule has 7 nitrogen and oxygen atoms in total. The minimum atomic E-state index is -3.93. The topological polar surface area (TPSA) is 98.2 Å². The van der Waals surface area contributed by atoms with Crippen LogP contribution in [-0.4, -0.2) is 36.7 Å². The first-order valence-corrected chi connectivity index (χ1v) is 7.68. The van der Waals surface area contributed by atoms with Gasteiger partial charge in [-0.15, -0.1) is 0 Å². The van der Waals surface area contributed by atoms with Crippen LogP contribution in [-0.2, 0) is 19.6 Å². The number of rotatable bonds is 4. The van der Waals surface area contributed by atoms with Crippen molar-refractivity contribution >= 4 is 53.7 Å². The fraction of sp³-hybridized carbons (Fsp3) is 0.375. The maximum absolute atomic E-state index is 11.8. The van der Waals surface area contributed by atoms with Gasteiger partial charge in [-0.3, -0.25) is 9.52 Å². The molecular formula is C8H9Br2N3O4S. The Kier molecular flexibility index (Phi) is 5.05. The Morgan fingerprint density at radius 1 is 1.50 bits per heavy atom. The van der Waals surface area contributed by atoms with Gasteiger partial charge in [0.05, 0.1) is 13.3 Å². The molecule has 10 heteroatoms. The van der Waals surface area contributed by atoms with Crippen molar-refractivity contribution in [1.29, 1.82) is 0 Å². The number of anilines is 1. The van der Waals surface area contributed by atoms with Gasteiger partial charge >= 0.3 is 5.97 Å². The van der Waals surface area contributed by atoms with E-state index in [1.807, 2.05) is 0 Å². The quantitative estimate of drug-likeness (QED) is 0.762. The number of carbonyl (C=O) groups is 1. The molecule has 1 aromatic rings. The Bertz CT molecular complexity index is 563. The molecule has 0 aromatic carbocycles. The molecule has 0 aliphatic heterocycles. The lowest BCUT2D eigenvalue weighted by molar-refractivity contribution is -0.139. The standard InChI is InChI=1S/C8H9Br2N3O4S/c1-4(8(14)17-2)18(15,16)13-7-6(10)12-5(9)3-11-7/h3-4H,1-2H3,(H,11,13). The molecule has 0 saturated heterocycles. The first-order valence-electron chi connectivity index (χ1n) is 4.55. The van der Waals surface area contributed by atoms with Crippen LogP contribution in [0.4, 0.5) is 5.82 Å². The highest BCUT2D eigenvalue weighted by Crippen LogP contribution is 2.21. The molecule has 1 unspecified atom stereocenters. The molecule has 0 radical (unpaired) electrons. The largest absolute Gasteiger partial charge is 0.468 e. The van der Waals surface area contributed by atoms with E-state index in [1.165, 1.54) is 13.1 Å². The highest BCUT2D eigenvalue weighted by atomic mass is 79.9. The zero-order chi connectivity index (χ0) is 13.9. The van der Waals surface area contributed by atoms with Gasteiger partial charge in [0.15, 0.2) is 15.7 Å². The number of sulfonamides is 1. The number of aromatic nitrogens is 2. The van der Waals surface area contributed by atoms with Crippen LogP contribution in [0.5, 0.6) is 0 Å². The fourth-order valence-corrected chi connectivity index (χ4v) is 2.92.